The first kappa shape index (κ1) is 11.9. The van der Waals surface area contributed by atoms with Gasteiger partial charge in [-0.25, -0.2) is 0 Å². The van der Waals surface area contributed by atoms with Crippen molar-refractivity contribution in [1.29, 1.82) is 0 Å². The van der Waals surface area contributed by atoms with Crippen LogP contribution in [0.25, 0.3) is 10.9 Å². The summed E-state index contributed by atoms with van der Waals surface area (Å²) >= 11 is 0. The molecule has 1 heterocycles. The molecule has 0 bridgehead atoms. The third-order valence-corrected chi connectivity index (χ3v) is 1.40. The number of hydrogen-bond donors (Lipinski definition) is 1. The molecule has 0 spiro atoms. The maximum Gasteiger partial charge on any atom is 0 e. The molecule has 0 amide bonds. The second-order valence-electron chi connectivity index (χ2n) is 1.99. The van der Waals surface area contributed by atoms with E-state index in [9.17, 15) is 0 Å². The summed E-state index contributed by atoms with van der Waals surface area (Å²) in [5.41, 5.74) is 1.15. The molecular weight excluding hydrogens is 223 g/mol. The van der Waals surface area contributed by atoms with Gasteiger partial charge in [0.2, 0.25) is 0 Å². The quantitative estimate of drug-likeness (QED) is 0.674. The van der Waals surface area contributed by atoms with Gasteiger partial charge in [-0.3, -0.25) is 0 Å². The molecule has 0 aliphatic carbocycles. The zero-order valence-corrected chi connectivity index (χ0v) is 10.0. The van der Waals surface area contributed by atoms with Gasteiger partial charge in [-0.2, -0.15) is 31.2 Å². The molecule has 1 N–H and O–H groups in total. The number of rotatable bonds is 0. The van der Waals surface area contributed by atoms with E-state index in [4.69, 9.17) is 0 Å². The number of fused-ring (bicyclic) bond motifs is 1. The average molecular weight is 234 g/mol. The van der Waals surface area contributed by atoms with E-state index in [1.54, 1.807) is 6.92 Å². The minimum atomic E-state index is 0. The van der Waals surface area contributed by atoms with Gasteiger partial charge >= 0.3 is 0 Å². The number of benzene rings is 1. The number of aromatic amines is 1. The van der Waals surface area contributed by atoms with Crippen LogP contribution in [0.2, 0.25) is 0 Å². The van der Waals surface area contributed by atoms with Crippen molar-refractivity contribution < 1.29 is 32.7 Å². The van der Waals surface area contributed by atoms with E-state index in [2.05, 4.69) is 18.0 Å². The smallest absolute Gasteiger partial charge is 0 e. The van der Waals surface area contributed by atoms with Crippen molar-refractivity contribution in [3.05, 3.63) is 43.5 Å². The van der Waals surface area contributed by atoms with Gasteiger partial charge in [0.1, 0.15) is 0 Å². The summed E-state index contributed by atoms with van der Waals surface area (Å²) in [5, 5.41) is 1.24. The monoisotopic (exact) mass is 234 g/mol. The van der Waals surface area contributed by atoms with Gasteiger partial charge in [0.15, 0.2) is 0 Å². The van der Waals surface area contributed by atoms with Crippen LogP contribution in [0.5, 0.6) is 0 Å². The zero-order valence-electron chi connectivity index (χ0n) is 7.17. The van der Waals surface area contributed by atoms with E-state index in [0.29, 0.717) is 0 Å². The van der Waals surface area contributed by atoms with Crippen LogP contribution >= 0.6 is 0 Å². The van der Waals surface area contributed by atoms with E-state index in [-0.39, 0.29) is 32.7 Å². The Hall–Kier alpha value is -0.136. The van der Waals surface area contributed by atoms with Crippen LogP contribution in [0.3, 0.4) is 0 Å². The number of hydrogen-bond acceptors (Lipinski definition) is 0. The predicted molar refractivity (Wildman–Crippen MR) is 48.2 cm³/mol. The fourth-order valence-electron chi connectivity index (χ4n) is 0.934. The van der Waals surface area contributed by atoms with Crippen molar-refractivity contribution >= 4 is 10.9 Å². The SMILES string of the molecule is [CH2-]C.[Y].[c-]1ccc2cc[nH]c2c1. The van der Waals surface area contributed by atoms with Gasteiger partial charge in [0.25, 0.3) is 0 Å². The summed E-state index contributed by atoms with van der Waals surface area (Å²) in [6.07, 6.45) is 1.93. The Bertz CT molecular complexity index is 284. The van der Waals surface area contributed by atoms with E-state index in [1.807, 2.05) is 30.5 Å². The maximum atomic E-state index is 3.25. The molecular formula is C10H11NY-2. The molecule has 0 saturated heterocycles. The zero-order chi connectivity index (χ0) is 8.10. The molecule has 0 aliphatic heterocycles. The van der Waals surface area contributed by atoms with Crippen molar-refractivity contribution in [3.8, 4) is 0 Å². The van der Waals surface area contributed by atoms with E-state index >= 15 is 0 Å². The topological polar surface area (TPSA) is 15.8 Å². The van der Waals surface area contributed by atoms with Crippen molar-refractivity contribution in [1.82, 2.24) is 4.98 Å². The molecule has 0 saturated carbocycles. The van der Waals surface area contributed by atoms with Gasteiger partial charge in [-0.05, 0) is 6.20 Å². The minimum Gasteiger partial charge on any atom is -0.414 e. The number of aromatic nitrogens is 1. The summed E-state index contributed by atoms with van der Waals surface area (Å²) in [6, 6.07) is 10.9. The van der Waals surface area contributed by atoms with Crippen LogP contribution in [0.1, 0.15) is 6.92 Å². The van der Waals surface area contributed by atoms with Crippen molar-refractivity contribution in [2.75, 3.05) is 0 Å². The minimum absolute atomic E-state index is 0. The van der Waals surface area contributed by atoms with Gasteiger partial charge in [-0.15, -0.1) is 5.39 Å². The second kappa shape index (κ2) is 6.39. The summed E-state index contributed by atoms with van der Waals surface area (Å²) in [6.45, 7) is 5.00. The van der Waals surface area contributed by atoms with Gasteiger partial charge in [-0.1, -0.05) is 11.6 Å². The Balaban J connectivity index is 0.000000378. The van der Waals surface area contributed by atoms with Crippen LogP contribution < -0.4 is 0 Å². The van der Waals surface area contributed by atoms with Crippen LogP contribution in [-0.2, 0) is 32.7 Å². The molecule has 1 radical (unpaired) electrons. The van der Waals surface area contributed by atoms with Crippen molar-refractivity contribution in [3.63, 3.8) is 0 Å². The van der Waals surface area contributed by atoms with Crippen LogP contribution in [0, 0.1) is 13.0 Å². The van der Waals surface area contributed by atoms with E-state index < -0.39 is 0 Å². The normalized spacial score (nSPS) is 8.17. The van der Waals surface area contributed by atoms with Crippen molar-refractivity contribution in [2.45, 2.75) is 6.92 Å². The molecule has 0 unspecified atom stereocenters. The molecule has 1 aromatic heterocycles. The molecule has 0 fully saturated rings. The third-order valence-electron chi connectivity index (χ3n) is 1.40. The maximum absolute atomic E-state index is 3.25. The molecule has 2 heteroatoms. The van der Waals surface area contributed by atoms with E-state index in [0.717, 1.165) is 5.52 Å². The molecule has 2 rings (SSSR count). The molecule has 1 aromatic carbocycles. The first-order valence-corrected chi connectivity index (χ1v) is 3.61. The molecule has 0 atom stereocenters. The molecule has 1 nitrogen and oxygen atoms in total. The Morgan fingerprint density at radius 1 is 1.33 bits per heavy atom. The fourth-order valence-corrected chi connectivity index (χ4v) is 0.934. The molecule has 12 heavy (non-hydrogen) atoms. The standard InChI is InChI=1S/C8H6N.C2H5.Y/c1-2-4-8-7(3-1)5-6-9-8;1-2;/h1,3-6,9H;1H2,2H3;/q2*-1;. The molecule has 0 aliphatic rings. The van der Waals surface area contributed by atoms with Crippen LogP contribution in [0.4, 0.5) is 0 Å². The Labute approximate surface area is 98.4 Å². The van der Waals surface area contributed by atoms with Crippen molar-refractivity contribution in [2.24, 2.45) is 0 Å². The van der Waals surface area contributed by atoms with E-state index in [1.165, 1.54) is 5.39 Å². The molecule has 61 valence electrons. The number of nitrogens with one attached hydrogen (secondary N) is 1. The number of H-pyrrole nitrogens is 1. The first-order chi connectivity index (χ1) is 5.47. The summed E-state index contributed by atoms with van der Waals surface area (Å²) in [5.74, 6) is 0. The Morgan fingerprint density at radius 3 is 2.75 bits per heavy atom. The largest absolute Gasteiger partial charge is 0.414 e. The van der Waals surface area contributed by atoms with Gasteiger partial charge in [0, 0.05) is 32.7 Å². The average Bonchev–Trinajstić information content (AvgIpc) is 2.55. The van der Waals surface area contributed by atoms with Crippen LogP contribution in [0.15, 0.2) is 30.5 Å². The summed E-state index contributed by atoms with van der Waals surface area (Å²) in [7, 11) is 0. The second-order valence-corrected chi connectivity index (χ2v) is 1.99. The van der Waals surface area contributed by atoms with Gasteiger partial charge < -0.3 is 11.9 Å². The predicted octanol–water partition coefficient (Wildman–Crippen LogP) is 2.81. The third kappa shape index (κ3) is 2.73. The van der Waals surface area contributed by atoms with Crippen LogP contribution in [-0.4, -0.2) is 4.98 Å². The fraction of sp³-hybridized carbons (Fsp3) is 0.100. The van der Waals surface area contributed by atoms with Gasteiger partial charge in [0.05, 0.1) is 0 Å². The summed E-state index contributed by atoms with van der Waals surface area (Å²) < 4.78 is 0. The Morgan fingerprint density at radius 2 is 2.08 bits per heavy atom. The summed E-state index contributed by atoms with van der Waals surface area (Å²) in [4.78, 5) is 3.09. The first-order valence-electron chi connectivity index (χ1n) is 3.61. The molecule has 2 aromatic rings. The Kier molecular flexibility index (Phi) is 6.32.